The van der Waals surface area contributed by atoms with Gasteiger partial charge < -0.3 is 10.4 Å². The number of halogens is 1. The third-order valence-corrected chi connectivity index (χ3v) is 3.46. The predicted octanol–water partition coefficient (Wildman–Crippen LogP) is 1.76. The zero-order chi connectivity index (χ0) is 11.5. The Labute approximate surface area is 101 Å². The third kappa shape index (κ3) is 2.67. The van der Waals surface area contributed by atoms with Gasteiger partial charge in [-0.15, -0.1) is 0 Å². The normalized spacial score (nSPS) is 17.6. The van der Waals surface area contributed by atoms with Crippen LogP contribution in [0.2, 0.25) is 5.02 Å². The first-order valence-corrected chi connectivity index (χ1v) is 5.95. The molecule has 88 valence electrons. The van der Waals surface area contributed by atoms with Gasteiger partial charge in [0.25, 0.3) is 0 Å². The van der Waals surface area contributed by atoms with Gasteiger partial charge in [-0.1, -0.05) is 11.6 Å². The van der Waals surface area contributed by atoms with Gasteiger partial charge in [0, 0.05) is 37.7 Å². The maximum Gasteiger partial charge on any atom is 0.116 e. The third-order valence-electron chi connectivity index (χ3n) is 2.92. The van der Waals surface area contributed by atoms with E-state index in [4.69, 9.17) is 11.6 Å². The molecule has 16 heavy (non-hydrogen) atoms. The highest BCUT2D eigenvalue weighted by Crippen LogP contribution is 2.26. The Morgan fingerprint density at radius 3 is 2.75 bits per heavy atom. The molecule has 0 saturated carbocycles. The van der Waals surface area contributed by atoms with E-state index >= 15 is 0 Å². The smallest absolute Gasteiger partial charge is 0.116 e. The van der Waals surface area contributed by atoms with Crippen molar-refractivity contribution in [3.05, 3.63) is 28.3 Å². The first-order chi connectivity index (χ1) is 7.66. The second-order valence-corrected chi connectivity index (χ2v) is 4.64. The first kappa shape index (κ1) is 11.7. The molecule has 0 radical (unpaired) electrons. The molecule has 3 nitrogen and oxygen atoms in total. The van der Waals surface area contributed by atoms with Crippen molar-refractivity contribution in [3.63, 3.8) is 0 Å². The number of piperazine rings is 1. The van der Waals surface area contributed by atoms with Gasteiger partial charge in [0.05, 0.1) is 0 Å². The van der Waals surface area contributed by atoms with Crippen LogP contribution in [-0.4, -0.2) is 36.2 Å². The van der Waals surface area contributed by atoms with E-state index in [1.807, 2.05) is 6.92 Å². The summed E-state index contributed by atoms with van der Waals surface area (Å²) in [7, 11) is 0. The molecule has 0 aliphatic carbocycles. The van der Waals surface area contributed by atoms with Crippen molar-refractivity contribution >= 4 is 11.6 Å². The van der Waals surface area contributed by atoms with Crippen molar-refractivity contribution in [2.45, 2.75) is 13.5 Å². The number of rotatable bonds is 2. The highest BCUT2D eigenvalue weighted by Gasteiger charge is 2.13. The summed E-state index contributed by atoms with van der Waals surface area (Å²) in [4.78, 5) is 2.34. The Morgan fingerprint density at radius 2 is 2.06 bits per heavy atom. The number of phenols is 1. The summed E-state index contributed by atoms with van der Waals surface area (Å²) in [5.74, 6) is 0.298. The zero-order valence-electron chi connectivity index (χ0n) is 9.46. The Bertz CT molecular complexity index is 376. The lowest BCUT2D eigenvalue weighted by Crippen LogP contribution is -2.42. The number of hydrogen-bond acceptors (Lipinski definition) is 3. The maximum absolute atomic E-state index is 9.56. The highest BCUT2D eigenvalue weighted by atomic mass is 35.5. The van der Waals surface area contributed by atoms with Crippen LogP contribution < -0.4 is 5.32 Å². The number of phenolic OH excluding ortho intramolecular Hbond substituents is 1. The quantitative estimate of drug-likeness (QED) is 0.827. The Hall–Kier alpha value is -0.770. The topological polar surface area (TPSA) is 35.5 Å². The molecule has 0 bridgehead atoms. The van der Waals surface area contributed by atoms with E-state index in [0.29, 0.717) is 5.75 Å². The second kappa shape index (κ2) is 5.04. The molecule has 1 heterocycles. The molecule has 1 aliphatic heterocycles. The van der Waals surface area contributed by atoms with E-state index in [9.17, 15) is 5.11 Å². The molecular weight excluding hydrogens is 224 g/mol. The number of hydrogen-bond donors (Lipinski definition) is 2. The summed E-state index contributed by atoms with van der Waals surface area (Å²) in [6.45, 7) is 6.85. The molecule has 0 aromatic heterocycles. The van der Waals surface area contributed by atoms with Gasteiger partial charge in [0.15, 0.2) is 0 Å². The predicted molar refractivity (Wildman–Crippen MR) is 66.0 cm³/mol. The first-order valence-electron chi connectivity index (χ1n) is 5.58. The van der Waals surface area contributed by atoms with Crippen LogP contribution in [0.25, 0.3) is 0 Å². The summed E-state index contributed by atoms with van der Waals surface area (Å²) < 4.78 is 0. The number of aromatic hydroxyl groups is 1. The van der Waals surface area contributed by atoms with Crippen molar-refractivity contribution in [1.29, 1.82) is 0 Å². The highest BCUT2D eigenvalue weighted by molar-refractivity contribution is 6.32. The zero-order valence-corrected chi connectivity index (χ0v) is 10.2. The largest absolute Gasteiger partial charge is 0.508 e. The number of nitrogens with one attached hydrogen (secondary N) is 1. The number of benzene rings is 1. The Balaban J connectivity index is 2.13. The van der Waals surface area contributed by atoms with E-state index in [-0.39, 0.29) is 0 Å². The van der Waals surface area contributed by atoms with Crippen LogP contribution in [0, 0.1) is 6.92 Å². The molecule has 0 unspecified atom stereocenters. The molecule has 1 aromatic carbocycles. The van der Waals surface area contributed by atoms with Crippen LogP contribution >= 0.6 is 11.6 Å². The van der Waals surface area contributed by atoms with E-state index in [2.05, 4.69) is 10.2 Å². The van der Waals surface area contributed by atoms with Gasteiger partial charge in [0.1, 0.15) is 5.75 Å². The van der Waals surface area contributed by atoms with Crippen LogP contribution in [0.4, 0.5) is 0 Å². The number of aryl methyl sites for hydroxylation is 1. The minimum absolute atomic E-state index is 0.298. The summed E-state index contributed by atoms with van der Waals surface area (Å²) in [5, 5.41) is 13.6. The van der Waals surface area contributed by atoms with Gasteiger partial charge in [-0.2, -0.15) is 0 Å². The number of nitrogens with zero attached hydrogens (tertiary/aromatic N) is 1. The standard InChI is InChI=1S/C12H17ClN2O/c1-9-6-11(16)7-10(12(9)13)8-15-4-2-14-3-5-15/h6-7,14,16H,2-5,8H2,1H3. The molecule has 0 spiro atoms. The van der Waals surface area contributed by atoms with Crippen molar-refractivity contribution < 1.29 is 5.11 Å². The lowest BCUT2D eigenvalue weighted by atomic mass is 10.1. The van der Waals surface area contributed by atoms with Crippen LogP contribution in [0.1, 0.15) is 11.1 Å². The molecule has 0 atom stereocenters. The minimum Gasteiger partial charge on any atom is -0.508 e. The molecule has 2 rings (SSSR count). The molecule has 1 aliphatic rings. The van der Waals surface area contributed by atoms with Crippen LogP contribution in [0.5, 0.6) is 5.75 Å². The molecule has 0 amide bonds. The fourth-order valence-corrected chi connectivity index (χ4v) is 2.22. The molecule has 1 fully saturated rings. The maximum atomic E-state index is 9.56. The van der Waals surface area contributed by atoms with Crippen LogP contribution in [0.15, 0.2) is 12.1 Å². The summed E-state index contributed by atoms with van der Waals surface area (Å²) in [6, 6.07) is 3.46. The fraction of sp³-hybridized carbons (Fsp3) is 0.500. The van der Waals surface area contributed by atoms with Crippen LogP contribution in [0.3, 0.4) is 0 Å². The monoisotopic (exact) mass is 240 g/mol. The lowest BCUT2D eigenvalue weighted by molar-refractivity contribution is 0.233. The van der Waals surface area contributed by atoms with E-state index in [1.165, 1.54) is 0 Å². The lowest BCUT2D eigenvalue weighted by Gasteiger charge is -2.27. The minimum atomic E-state index is 0.298. The van der Waals surface area contributed by atoms with Gasteiger partial charge in [0.2, 0.25) is 0 Å². The van der Waals surface area contributed by atoms with E-state index < -0.39 is 0 Å². The summed E-state index contributed by atoms with van der Waals surface area (Å²) >= 11 is 6.23. The SMILES string of the molecule is Cc1cc(O)cc(CN2CCNCC2)c1Cl. The Kier molecular flexibility index (Phi) is 3.69. The van der Waals surface area contributed by atoms with E-state index in [1.54, 1.807) is 12.1 Å². The molecule has 4 heteroatoms. The van der Waals surface area contributed by atoms with Crippen molar-refractivity contribution in [2.75, 3.05) is 26.2 Å². The molecule has 1 aromatic rings. The van der Waals surface area contributed by atoms with Crippen LogP contribution in [-0.2, 0) is 6.54 Å². The fourth-order valence-electron chi connectivity index (χ4n) is 2.05. The van der Waals surface area contributed by atoms with Gasteiger partial charge in [-0.25, -0.2) is 0 Å². The van der Waals surface area contributed by atoms with Crippen molar-refractivity contribution in [3.8, 4) is 5.75 Å². The molecular formula is C12H17ClN2O. The van der Waals surface area contributed by atoms with Gasteiger partial charge in [-0.3, -0.25) is 4.90 Å². The molecule has 1 saturated heterocycles. The van der Waals surface area contributed by atoms with Gasteiger partial charge >= 0.3 is 0 Å². The Morgan fingerprint density at radius 1 is 1.38 bits per heavy atom. The van der Waals surface area contributed by atoms with Gasteiger partial charge in [-0.05, 0) is 30.2 Å². The van der Waals surface area contributed by atoms with E-state index in [0.717, 1.165) is 48.9 Å². The summed E-state index contributed by atoms with van der Waals surface area (Å²) in [6.07, 6.45) is 0. The second-order valence-electron chi connectivity index (χ2n) is 4.26. The van der Waals surface area contributed by atoms with Crippen molar-refractivity contribution in [2.24, 2.45) is 0 Å². The van der Waals surface area contributed by atoms with Crippen molar-refractivity contribution in [1.82, 2.24) is 10.2 Å². The average Bonchev–Trinajstić information content (AvgIpc) is 2.27. The molecule has 2 N–H and O–H groups in total. The summed E-state index contributed by atoms with van der Waals surface area (Å²) in [5.41, 5.74) is 1.95. The average molecular weight is 241 g/mol.